The zero-order valence-corrected chi connectivity index (χ0v) is 7.84. The van der Waals surface area contributed by atoms with E-state index < -0.39 is 11.4 Å². The number of aliphatic carboxylic acids is 1. The van der Waals surface area contributed by atoms with E-state index in [-0.39, 0.29) is 0 Å². The second-order valence-electron chi connectivity index (χ2n) is 4.02. The van der Waals surface area contributed by atoms with Crippen LogP contribution in [0.3, 0.4) is 0 Å². The Morgan fingerprint density at radius 2 is 2.08 bits per heavy atom. The van der Waals surface area contributed by atoms with Gasteiger partial charge in [-0.1, -0.05) is 0 Å². The van der Waals surface area contributed by atoms with Crippen LogP contribution in [0, 0.1) is 5.41 Å². The summed E-state index contributed by atoms with van der Waals surface area (Å²) in [5.74, 6) is -0.641. The Morgan fingerprint density at radius 3 is 2.67 bits per heavy atom. The molecule has 0 radical (unpaired) electrons. The molecule has 1 aliphatic rings. The molecule has 0 unspecified atom stereocenters. The van der Waals surface area contributed by atoms with Crippen molar-refractivity contribution in [3.63, 3.8) is 0 Å². The molecule has 1 heterocycles. The number of likely N-dealkylation sites (tertiary alicyclic amines) is 1. The quantitative estimate of drug-likeness (QED) is 0.644. The van der Waals surface area contributed by atoms with Crippen molar-refractivity contribution >= 4 is 5.97 Å². The molecule has 0 spiro atoms. The molecule has 1 saturated heterocycles. The van der Waals surface area contributed by atoms with Gasteiger partial charge in [-0.15, -0.1) is 0 Å². The summed E-state index contributed by atoms with van der Waals surface area (Å²) < 4.78 is 0. The molecule has 0 aromatic carbocycles. The van der Waals surface area contributed by atoms with E-state index in [4.69, 9.17) is 5.11 Å². The van der Waals surface area contributed by atoms with Gasteiger partial charge in [-0.2, -0.15) is 0 Å². The Morgan fingerprint density at radius 1 is 1.42 bits per heavy atom. The summed E-state index contributed by atoms with van der Waals surface area (Å²) in [7, 11) is 2.05. The summed E-state index contributed by atoms with van der Waals surface area (Å²) in [5.41, 5.74) is -0.481. The molecule has 1 fully saturated rings. The van der Waals surface area contributed by atoms with Gasteiger partial charge in [0.05, 0.1) is 5.41 Å². The molecular weight excluding hydrogens is 154 g/mol. The van der Waals surface area contributed by atoms with Gasteiger partial charge in [0.1, 0.15) is 0 Å². The van der Waals surface area contributed by atoms with Gasteiger partial charge in [-0.05, 0) is 46.3 Å². The number of rotatable bonds is 1. The number of hydrogen-bond donors (Lipinski definition) is 1. The van der Waals surface area contributed by atoms with Crippen LogP contribution in [0.15, 0.2) is 0 Å². The maximum absolute atomic E-state index is 10.9. The van der Waals surface area contributed by atoms with Crippen molar-refractivity contribution in [3.05, 3.63) is 0 Å². The highest BCUT2D eigenvalue weighted by Gasteiger charge is 2.34. The molecule has 1 atom stereocenters. The number of carbonyl (C=O) groups is 1. The van der Waals surface area contributed by atoms with E-state index >= 15 is 0 Å². The average molecular weight is 171 g/mol. The third-order valence-electron chi connectivity index (χ3n) is 2.83. The predicted molar refractivity (Wildman–Crippen MR) is 47.1 cm³/mol. The van der Waals surface area contributed by atoms with Crippen molar-refractivity contribution in [2.24, 2.45) is 5.41 Å². The number of nitrogens with zero attached hydrogens (tertiary/aromatic N) is 1. The van der Waals surface area contributed by atoms with Gasteiger partial charge in [0.2, 0.25) is 0 Å². The van der Waals surface area contributed by atoms with Crippen molar-refractivity contribution in [3.8, 4) is 0 Å². The topological polar surface area (TPSA) is 40.5 Å². The molecule has 1 rings (SSSR count). The maximum Gasteiger partial charge on any atom is 0.309 e. The van der Waals surface area contributed by atoms with Crippen molar-refractivity contribution in [2.45, 2.75) is 26.2 Å². The average Bonchev–Trinajstić information content (AvgIpc) is 2.15. The fraction of sp³-hybridized carbons (Fsp3) is 0.889. The van der Waals surface area contributed by atoms with Crippen molar-refractivity contribution < 1.29 is 9.90 Å². The van der Waals surface area contributed by atoms with Gasteiger partial charge in [-0.3, -0.25) is 4.79 Å². The minimum absolute atomic E-state index is 0.481. The molecule has 1 aliphatic heterocycles. The molecule has 0 aromatic rings. The Kier molecular flexibility index (Phi) is 2.73. The van der Waals surface area contributed by atoms with Crippen LogP contribution in [0.5, 0.6) is 0 Å². The van der Waals surface area contributed by atoms with Gasteiger partial charge in [0, 0.05) is 0 Å². The van der Waals surface area contributed by atoms with Crippen LogP contribution in [-0.4, -0.2) is 36.1 Å². The smallest absolute Gasteiger partial charge is 0.309 e. The molecule has 0 saturated carbocycles. The lowest BCUT2D eigenvalue weighted by Crippen LogP contribution is -2.28. The van der Waals surface area contributed by atoms with Gasteiger partial charge in [0.25, 0.3) is 0 Å². The maximum atomic E-state index is 10.9. The van der Waals surface area contributed by atoms with Crippen molar-refractivity contribution in [1.82, 2.24) is 4.90 Å². The number of carboxylic acids is 1. The van der Waals surface area contributed by atoms with E-state index in [0.717, 1.165) is 32.4 Å². The minimum atomic E-state index is -0.641. The van der Waals surface area contributed by atoms with E-state index in [2.05, 4.69) is 4.90 Å². The van der Waals surface area contributed by atoms with Gasteiger partial charge >= 0.3 is 5.97 Å². The highest BCUT2D eigenvalue weighted by Crippen LogP contribution is 2.30. The first-order valence-electron chi connectivity index (χ1n) is 4.46. The van der Waals surface area contributed by atoms with Crippen LogP contribution in [-0.2, 0) is 4.79 Å². The Balaban J connectivity index is 2.61. The van der Waals surface area contributed by atoms with Crippen molar-refractivity contribution in [2.75, 3.05) is 20.1 Å². The molecule has 12 heavy (non-hydrogen) atoms. The van der Waals surface area contributed by atoms with E-state index in [1.54, 1.807) is 0 Å². The normalized spacial score (nSPS) is 32.8. The van der Waals surface area contributed by atoms with Gasteiger partial charge in [0.15, 0.2) is 0 Å². The molecule has 0 aromatic heterocycles. The zero-order valence-electron chi connectivity index (χ0n) is 7.84. The molecular formula is C9H17NO2. The molecule has 0 amide bonds. The molecule has 0 aliphatic carbocycles. The van der Waals surface area contributed by atoms with Crippen molar-refractivity contribution in [1.29, 1.82) is 0 Å². The summed E-state index contributed by atoms with van der Waals surface area (Å²) >= 11 is 0. The van der Waals surface area contributed by atoms with Gasteiger partial charge < -0.3 is 10.0 Å². The van der Waals surface area contributed by atoms with Crippen LogP contribution in [0.25, 0.3) is 0 Å². The number of carboxylic acid groups (broad SMARTS) is 1. The molecule has 0 bridgehead atoms. The third-order valence-corrected chi connectivity index (χ3v) is 2.83. The second kappa shape index (κ2) is 3.44. The zero-order chi connectivity index (χ0) is 9.19. The van der Waals surface area contributed by atoms with Crippen LogP contribution >= 0.6 is 0 Å². The third kappa shape index (κ3) is 1.97. The SMILES string of the molecule is CN1CCC[C@@](C)(C(=O)O)CC1. The van der Waals surface area contributed by atoms with Gasteiger partial charge in [-0.25, -0.2) is 0 Å². The fourth-order valence-electron chi connectivity index (χ4n) is 1.63. The summed E-state index contributed by atoms with van der Waals surface area (Å²) in [4.78, 5) is 13.1. The lowest BCUT2D eigenvalue weighted by Gasteiger charge is -2.22. The predicted octanol–water partition coefficient (Wildman–Crippen LogP) is 1.19. The second-order valence-corrected chi connectivity index (χ2v) is 4.02. The summed E-state index contributed by atoms with van der Waals surface area (Å²) in [6, 6.07) is 0. The monoisotopic (exact) mass is 171 g/mol. The largest absolute Gasteiger partial charge is 0.481 e. The lowest BCUT2D eigenvalue weighted by molar-refractivity contribution is -0.148. The first kappa shape index (κ1) is 9.52. The molecule has 70 valence electrons. The number of hydrogen-bond acceptors (Lipinski definition) is 2. The fourth-order valence-corrected chi connectivity index (χ4v) is 1.63. The Hall–Kier alpha value is -0.570. The van der Waals surface area contributed by atoms with E-state index in [1.807, 2.05) is 14.0 Å². The molecule has 3 heteroatoms. The summed E-state index contributed by atoms with van der Waals surface area (Å²) in [5, 5.41) is 8.99. The van der Waals surface area contributed by atoms with E-state index in [1.165, 1.54) is 0 Å². The van der Waals surface area contributed by atoms with Crippen LogP contribution < -0.4 is 0 Å². The lowest BCUT2D eigenvalue weighted by atomic mass is 9.83. The molecule has 1 N–H and O–H groups in total. The van der Waals surface area contributed by atoms with Crippen LogP contribution in [0.4, 0.5) is 0 Å². The van der Waals surface area contributed by atoms with Crippen LogP contribution in [0.1, 0.15) is 26.2 Å². The highest BCUT2D eigenvalue weighted by atomic mass is 16.4. The van der Waals surface area contributed by atoms with E-state index in [0.29, 0.717) is 0 Å². The first-order chi connectivity index (χ1) is 5.54. The Labute approximate surface area is 73.4 Å². The summed E-state index contributed by atoms with van der Waals surface area (Å²) in [6.45, 7) is 3.79. The molecule has 3 nitrogen and oxygen atoms in total. The Bertz CT molecular complexity index is 181. The highest BCUT2D eigenvalue weighted by molar-refractivity contribution is 5.74. The summed E-state index contributed by atoms with van der Waals surface area (Å²) in [6.07, 6.45) is 2.59. The first-order valence-corrected chi connectivity index (χ1v) is 4.46. The van der Waals surface area contributed by atoms with Crippen LogP contribution in [0.2, 0.25) is 0 Å². The minimum Gasteiger partial charge on any atom is -0.481 e. The standard InChI is InChI=1S/C9H17NO2/c1-9(8(11)12)4-3-6-10(2)7-5-9/h3-7H2,1-2H3,(H,11,12)/t9-/m1/s1. The van der Waals surface area contributed by atoms with E-state index in [9.17, 15) is 4.79 Å².